The normalized spacial score (nSPS) is 16.7. The maximum atomic E-state index is 11.8. The number of H-pyrrole nitrogens is 1. The fourth-order valence-corrected chi connectivity index (χ4v) is 2.30. The number of nitrogens with one attached hydrogen (secondary N) is 2. The van der Waals surface area contributed by atoms with Crippen LogP contribution in [0.3, 0.4) is 0 Å². The third-order valence-electron chi connectivity index (χ3n) is 3.29. The first-order valence-electron chi connectivity index (χ1n) is 6.23. The number of hydrogen-bond acceptors (Lipinski definition) is 2. The van der Waals surface area contributed by atoms with Gasteiger partial charge in [0.05, 0.1) is 0 Å². The van der Waals surface area contributed by atoms with Crippen LogP contribution in [-0.2, 0) is 0 Å². The van der Waals surface area contributed by atoms with E-state index in [2.05, 4.69) is 10.3 Å². The van der Waals surface area contributed by atoms with Gasteiger partial charge in [0, 0.05) is 12.6 Å². The van der Waals surface area contributed by atoms with Gasteiger partial charge in [-0.1, -0.05) is 25.3 Å². The first kappa shape index (κ1) is 11.9. The van der Waals surface area contributed by atoms with Gasteiger partial charge in [-0.2, -0.15) is 0 Å². The Hall–Kier alpha value is -1.58. The van der Waals surface area contributed by atoms with Crippen LogP contribution in [0.2, 0.25) is 0 Å². The molecule has 0 bridgehead atoms. The molecule has 4 nitrogen and oxygen atoms in total. The summed E-state index contributed by atoms with van der Waals surface area (Å²) in [5, 5.41) is 2.89. The molecule has 17 heavy (non-hydrogen) atoms. The number of amides is 1. The minimum Gasteiger partial charge on any atom is -0.350 e. The highest BCUT2D eigenvalue weighted by Crippen LogP contribution is 2.22. The van der Waals surface area contributed by atoms with E-state index in [-0.39, 0.29) is 11.5 Å². The SMILES string of the molecule is O=C(NCC1CCCCC1)c1cccc(=O)[nH]1. The Morgan fingerprint density at radius 3 is 2.76 bits per heavy atom. The average Bonchev–Trinajstić information content (AvgIpc) is 2.37. The highest BCUT2D eigenvalue weighted by molar-refractivity contribution is 5.92. The van der Waals surface area contributed by atoms with Crippen molar-refractivity contribution in [1.29, 1.82) is 0 Å². The van der Waals surface area contributed by atoms with Gasteiger partial charge in [0.2, 0.25) is 5.56 Å². The van der Waals surface area contributed by atoms with Crippen molar-refractivity contribution in [2.24, 2.45) is 5.92 Å². The van der Waals surface area contributed by atoms with E-state index >= 15 is 0 Å². The topological polar surface area (TPSA) is 62.0 Å². The summed E-state index contributed by atoms with van der Waals surface area (Å²) in [7, 11) is 0. The van der Waals surface area contributed by atoms with Crippen LogP contribution in [0.5, 0.6) is 0 Å². The van der Waals surface area contributed by atoms with Gasteiger partial charge in [0.15, 0.2) is 0 Å². The number of hydrogen-bond donors (Lipinski definition) is 2. The zero-order valence-corrected chi connectivity index (χ0v) is 9.87. The maximum Gasteiger partial charge on any atom is 0.267 e. The molecule has 0 radical (unpaired) electrons. The van der Waals surface area contributed by atoms with E-state index in [1.165, 1.54) is 38.2 Å². The van der Waals surface area contributed by atoms with Crippen molar-refractivity contribution in [2.75, 3.05) is 6.54 Å². The molecule has 2 rings (SSSR count). The molecule has 0 saturated heterocycles. The number of rotatable bonds is 3. The van der Waals surface area contributed by atoms with Crippen LogP contribution in [0, 0.1) is 5.92 Å². The van der Waals surface area contributed by atoms with E-state index in [1.54, 1.807) is 12.1 Å². The Labute approximate surface area is 100 Å². The maximum absolute atomic E-state index is 11.8. The highest BCUT2D eigenvalue weighted by atomic mass is 16.2. The molecule has 0 atom stereocenters. The predicted octanol–water partition coefficient (Wildman–Crippen LogP) is 1.68. The van der Waals surface area contributed by atoms with Gasteiger partial charge in [0.25, 0.3) is 5.91 Å². The van der Waals surface area contributed by atoms with Crippen LogP contribution in [0.1, 0.15) is 42.6 Å². The molecule has 1 heterocycles. The van der Waals surface area contributed by atoms with E-state index in [9.17, 15) is 9.59 Å². The first-order valence-corrected chi connectivity index (χ1v) is 6.23. The van der Waals surface area contributed by atoms with Crippen molar-refractivity contribution < 1.29 is 4.79 Å². The minimum atomic E-state index is -0.240. The molecule has 1 aromatic heterocycles. The fourth-order valence-electron chi connectivity index (χ4n) is 2.30. The molecule has 0 aromatic carbocycles. The van der Waals surface area contributed by atoms with Crippen LogP contribution >= 0.6 is 0 Å². The predicted molar refractivity (Wildman–Crippen MR) is 66.0 cm³/mol. The first-order chi connectivity index (χ1) is 8.25. The zero-order valence-electron chi connectivity index (χ0n) is 9.87. The van der Waals surface area contributed by atoms with Gasteiger partial charge >= 0.3 is 0 Å². The van der Waals surface area contributed by atoms with E-state index < -0.39 is 0 Å². The van der Waals surface area contributed by atoms with Gasteiger partial charge in [-0.3, -0.25) is 9.59 Å². The van der Waals surface area contributed by atoms with Crippen molar-refractivity contribution in [3.63, 3.8) is 0 Å². The van der Waals surface area contributed by atoms with E-state index in [4.69, 9.17) is 0 Å². The number of carbonyl (C=O) groups is 1. The van der Waals surface area contributed by atoms with Crippen molar-refractivity contribution in [3.05, 3.63) is 34.2 Å². The Morgan fingerprint density at radius 2 is 2.06 bits per heavy atom. The van der Waals surface area contributed by atoms with Crippen molar-refractivity contribution in [1.82, 2.24) is 10.3 Å². The molecule has 1 saturated carbocycles. The smallest absolute Gasteiger partial charge is 0.267 e. The lowest BCUT2D eigenvalue weighted by Crippen LogP contribution is -2.31. The van der Waals surface area contributed by atoms with Crippen LogP contribution in [-0.4, -0.2) is 17.4 Å². The summed E-state index contributed by atoms with van der Waals surface area (Å²) >= 11 is 0. The molecule has 1 aromatic rings. The molecule has 92 valence electrons. The van der Waals surface area contributed by atoms with Gasteiger partial charge in [-0.25, -0.2) is 0 Å². The third kappa shape index (κ3) is 3.44. The monoisotopic (exact) mass is 234 g/mol. The molecular formula is C13H18N2O2. The molecule has 0 unspecified atom stereocenters. The van der Waals surface area contributed by atoms with E-state index in [1.807, 2.05) is 0 Å². The molecule has 1 aliphatic rings. The van der Waals surface area contributed by atoms with E-state index in [0.29, 0.717) is 11.6 Å². The van der Waals surface area contributed by atoms with Crippen molar-refractivity contribution in [3.8, 4) is 0 Å². The number of pyridine rings is 1. The third-order valence-corrected chi connectivity index (χ3v) is 3.29. The largest absolute Gasteiger partial charge is 0.350 e. The van der Waals surface area contributed by atoms with E-state index in [0.717, 1.165) is 6.54 Å². The highest BCUT2D eigenvalue weighted by Gasteiger charge is 2.14. The lowest BCUT2D eigenvalue weighted by molar-refractivity contribution is 0.0938. The van der Waals surface area contributed by atoms with Gasteiger partial charge < -0.3 is 10.3 Å². The van der Waals surface area contributed by atoms with Gasteiger partial charge in [0.1, 0.15) is 5.69 Å². The quantitative estimate of drug-likeness (QED) is 0.836. The lowest BCUT2D eigenvalue weighted by Gasteiger charge is -2.21. The summed E-state index contributed by atoms with van der Waals surface area (Å²) in [6.45, 7) is 0.718. The number of aromatic nitrogens is 1. The lowest BCUT2D eigenvalue weighted by atomic mass is 9.89. The van der Waals surface area contributed by atoms with Crippen LogP contribution in [0.25, 0.3) is 0 Å². The molecular weight excluding hydrogens is 216 g/mol. The standard InChI is InChI=1S/C13H18N2O2/c16-12-8-4-7-11(15-12)13(17)14-9-10-5-2-1-3-6-10/h4,7-8,10H,1-3,5-6,9H2,(H,14,17)(H,15,16). The Kier molecular flexibility index (Phi) is 3.96. The summed E-state index contributed by atoms with van der Waals surface area (Å²) in [6.07, 6.45) is 6.25. The average molecular weight is 234 g/mol. The Balaban J connectivity index is 1.86. The molecule has 1 amide bonds. The summed E-state index contributed by atoms with van der Waals surface area (Å²) in [6, 6.07) is 4.61. The molecule has 1 aliphatic carbocycles. The van der Waals surface area contributed by atoms with Gasteiger partial charge in [-0.15, -0.1) is 0 Å². The number of aromatic amines is 1. The van der Waals surface area contributed by atoms with Crippen LogP contribution < -0.4 is 10.9 Å². The molecule has 2 N–H and O–H groups in total. The summed E-state index contributed by atoms with van der Waals surface area (Å²) in [5.41, 5.74) is 0.101. The second-order valence-electron chi connectivity index (χ2n) is 4.64. The van der Waals surface area contributed by atoms with Crippen molar-refractivity contribution >= 4 is 5.91 Å². The summed E-state index contributed by atoms with van der Waals surface area (Å²) in [4.78, 5) is 25.4. The number of carbonyl (C=O) groups excluding carboxylic acids is 1. The summed E-state index contributed by atoms with van der Waals surface area (Å²) in [5.74, 6) is 0.413. The van der Waals surface area contributed by atoms with Gasteiger partial charge in [-0.05, 0) is 24.8 Å². The molecule has 1 fully saturated rings. The second kappa shape index (κ2) is 5.66. The Bertz CT molecular complexity index is 433. The van der Waals surface area contributed by atoms with Crippen LogP contribution in [0.15, 0.2) is 23.0 Å². The zero-order chi connectivity index (χ0) is 12.1. The molecule has 0 aliphatic heterocycles. The van der Waals surface area contributed by atoms with Crippen LogP contribution in [0.4, 0.5) is 0 Å². The second-order valence-corrected chi connectivity index (χ2v) is 4.64. The molecule has 0 spiro atoms. The van der Waals surface area contributed by atoms with Crippen molar-refractivity contribution in [2.45, 2.75) is 32.1 Å². The fraction of sp³-hybridized carbons (Fsp3) is 0.538. The summed E-state index contributed by atoms with van der Waals surface area (Å²) < 4.78 is 0. The minimum absolute atomic E-state index is 0.187. The molecule has 4 heteroatoms. The Morgan fingerprint density at radius 1 is 1.29 bits per heavy atom.